The molecule has 0 bridgehead atoms. The Morgan fingerprint density at radius 3 is 2.03 bits per heavy atom. The maximum absolute atomic E-state index is 13.5. The molecule has 0 aromatic heterocycles. The first-order valence-electron chi connectivity index (χ1n) is 12.4. The highest BCUT2D eigenvalue weighted by atomic mass is 16.6. The van der Waals surface area contributed by atoms with Gasteiger partial charge in [-0.15, -0.1) is 0 Å². The third-order valence-corrected chi connectivity index (χ3v) is 6.22. The molecule has 3 aromatic rings. The van der Waals surface area contributed by atoms with Crippen molar-refractivity contribution in [3.05, 3.63) is 90.5 Å². The third kappa shape index (κ3) is 5.61. The second-order valence-corrected chi connectivity index (χ2v) is 10.1. The van der Waals surface area contributed by atoms with Crippen molar-refractivity contribution < 1.29 is 9.53 Å². The van der Waals surface area contributed by atoms with E-state index in [1.54, 1.807) is 0 Å². The minimum Gasteiger partial charge on any atom is -0.442 e. The number of carbonyl (C=O) groups is 1. The Bertz CT molecular complexity index is 1060. The van der Waals surface area contributed by atoms with Crippen molar-refractivity contribution in [1.82, 2.24) is 5.01 Å². The van der Waals surface area contributed by atoms with Crippen molar-refractivity contribution >= 4 is 11.8 Å². The number of nitrogens with zero attached hydrogens (tertiary/aromatic N) is 2. The molecular formula is C30H36N2O2. The summed E-state index contributed by atoms with van der Waals surface area (Å²) in [5, 5.41) is 4.06. The normalized spacial score (nSPS) is 18.2. The molecule has 1 amide bonds. The third-order valence-electron chi connectivity index (χ3n) is 6.22. The van der Waals surface area contributed by atoms with Crippen LogP contribution in [0.15, 0.2) is 84.9 Å². The lowest BCUT2D eigenvalue weighted by Crippen LogP contribution is -2.50. The van der Waals surface area contributed by atoms with Gasteiger partial charge in [0.2, 0.25) is 0 Å². The van der Waals surface area contributed by atoms with E-state index < -0.39 is 5.60 Å². The molecule has 0 saturated carbocycles. The van der Waals surface area contributed by atoms with Gasteiger partial charge in [0.05, 0.1) is 17.8 Å². The van der Waals surface area contributed by atoms with E-state index in [1.807, 2.05) is 50.0 Å². The Morgan fingerprint density at radius 2 is 1.44 bits per heavy atom. The van der Waals surface area contributed by atoms with Crippen molar-refractivity contribution in [1.29, 1.82) is 0 Å². The number of para-hydroxylation sites is 1. The summed E-state index contributed by atoms with van der Waals surface area (Å²) in [7, 11) is 0. The molecule has 2 atom stereocenters. The summed E-state index contributed by atoms with van der Waals surface area (Å²) in [4.78, 5) is 13.5. The smallest absolute Gasteiger partial charge is 0.429 e. The second-order valence-electron chi connectivity index (χ2n) is 10.1. The van der Waals surface area contributed by atoms with Crippen LogP contribution in [0.3, 0.4) is 0 Å². The van der Waals surface area contributed by atoms with E-state index in [9.17, 15) is 4.79 Å². The average Bonchev–Trinajstić information content (AvgIpc) is 3.17. The quantitative estimate of drug-likeness (QED) is 0.385. The Labute approximate surface area is 204 Å². The van der Waals surface area contributed by atoms with Crippen LogP contribution >= 0.6 is 0 Å². The van der Waals surface area contributed by atoms with Gasteiger partial charge in [0.1, 0.15) is 5.60 Å². The van der Waals surface area contributed by atoms with Crippen LogP contribution in [-0.4, -0.2) is 28.8 Å². The average molecular weight is 457 g/mol. The lowest BCUT2D eigenvalue weighted by Gasteiger charge is -2.37. The lowest BCUT2D eigenvalue weighted by atomic mass is 9.97. The molecule has 1 heterocycles. The zero-order chi connectivity index (χ0) is 24.1. The molecule has 0 spiro atoms. The van der Waals surface area contributed by atoms with Crippen LogP contribution in [0, 0.1) is 0 Å². The summed E-state index contributed by atoms with van der Waals surface area (Å²) in [5.41, 5.74) is 4.12. The Hall–Kier alpha value is -3.27. The zero-order valence-corrected chi connectivity index (χ0v) is 20.8. The molecule has 4 rings (SSSR count). The van der Waals surface area contributed by atoms with E-state index in [2.05, 4.69) is 72.6 Å². The summed E-state index contributed by atoms with van der Waals surface area (Å²) >= 11 is 0. The fourth-order valence-corrected chi connectivity index (χ4v) is 4.81. The Kier molecular flexibility index (Phi) is 7.26. The van der Waals surface area contributed by atoms with Crippen LogP contribution in [0.25, 0.3) is 11.1 Å². The van der Waals surface area contributed by atoms with E-state index in [0.29, 0.717) is 0 Å². The molecule has 0 radical (unpaired) electrons. The van der Waals surface area contributed by atoms with Crippen molar-refractivity contribution in [2.24, 2.45) is 0 Å². The molecule has 1 aliphatic heterocycles. The number of hydrogen-bond acceptors (Lipinski definition) is 3. The van der Waals surface area contributed by atoms with Gasteiger partial charge in [-0.05, 0) is 68.9 Å². The van der Waals surface area contributed by atoms with Crippen molar-refractivity contribution in [2.45, 2.75) is 71.1 Å². The molecule has 0 N–H and O–H groups in total. The number of hydrazine groups is 1. The maximum Gasteiger partial charge on any atom is 0.429 e. The van der Waals surface area contributed by atoms with Crippen LogP contribution in [0.5, 0.6) is 0 Å². The molecule has 1 saturated heterocycles. The number of amides is 1. The summed E-state index contributed by atoms with van der Waals surface area (Å²) in [5.74, 6) is 0. The molecule has 0 aliphatic carbocycles. The molecule has 1 aliphatic rings. The van der Waals surface area contributed by atoms with Crippen LogP contribution in [0.4, 0.5) is 10.5 Å². The van der Waals surface area contributed by atoms with Crippen LogP contribution in [-0.2, 0) is 11.2 Å². The first-order chi connectivity index (χ1) is 16.4. The fraction of sp³-hybridized carbons (Fsp3) is 0.367. The molecule has 0 unspecified atom stereocenters. The topological polar surface area (TPSA) is 32.8 Å². The van der Waals surface area contributed by atoms with Gasteiger partial charge in [-0.25, -0.2) is 9.80 Å². The van der Waals surface area contributed by atoms with E-state index >= 15 is 0 Å². The van der Waals surface area contributed by atoms with Crippen LogP contribution in [0.1, 0.15) is 52.5 Å². The molecule has 4 heteroatoms. The summed E-state index contributed by atoms with van der Waals surface area (Å²) < 4.78 is 5.89. The van der Waals surface area contributed by atoms with Crippen molar-refractivity contribution in [2.75, 3.05) is 5.01 Å². The monoisotopic (exact) mass is 456 g/mol. The summed E-state index contributed by atoms with van der Waals surface area (Å²) in [6.07, 6.45) is 3.52. The number of hydrogen-bond donors (Lipinski definition) is 0. The van der Waals surface area contributed by atoms with Gasteiger partial charge in [0.25, 0.3) is 0 Å². The van der Waals surface area contributed by atoms with Crippen molar-refractivity contribution in [3.8, 4) is 11.1 Å². The van der Waals surface area contributed by atoms with Crippen molar-refractivity contribution in [3.63, 3.8) is 0 Å². The van der Waals surface area contributed by atoms with Gasteiger partial charge in [0, 0.05) is 0 Å². The van der Waals surface area contributed by atoms with Gasteiger partial charge in [-0.1, -0.05) is 86.1 Å². The van der Waals surface area contributed by atoms with Gasteiger partial charge in [-0.2, -0.15) is 0 Å². The minimum atomic E-state index is -0.551. The largest absolute Gasteiger partial charge is 0.442 e. The Balaban J connectivity index is 1.63. The van der Waals surface area contributed by atoms with Gasteiger partial charge < -0.3 is 4.74 Å². The maximum atomic E-state index is 13.5. The molecular weight excluding hydrogens is 420 g/mol. The number of ether oxygens (including phenoxy) is 1. The first kappa shape index (κ1) is 23.9. The molecule has 34 heavy (non-hydrogen) atoms. The fourth-order valence-electron chi connectivity index (χ4n) is 4.81. The predicted octanol–water partition coefficient (Wildman–Crippen LogP) is 7.50. The summed E-state index contributed by atoms with van der Waals surface area (Å²) in [6.45, 7) is 7.98. The summed E-state index contributed by atoms with van der Waals surface area (Å²) in [6, 6.07) is 29.7. The first-order valence-corrected chi connectivity index (χ1v) is 12.4. The van der Waals surface area contributed by atoms with Crippen LogP contribution in [0.2, 0.25) is 0 Å². The van der Waals surface area contributed by atoms with E-state index in [0.717, 1.165) is 31.4 Å². The number of anilines is 1. The number of rotatable bonds is 6. The minimum absolute atomic E-state index is 0.0363. The number of carbonyl (C=O) groups excluding carboxylic acids is 1. The predicted molar refractivity (Wildman–Crippen MR) is 140 cm³/mol. The second kappa shape index (κ2) is 10.3. The lowest BCUT2D eigenvalue weighted by molar-refractivity contribution is 0.0195. The molecule has 1 fully saturated rings. The van der Waals surface area contributed by atoms with Gasteiger partial charge >= 0.3 is 6.09 Å². The number of benzene rings is 3. The van der Waals surface area contributed by atoms with Crippen LogP contribution < -0.4 is 5.01 Å². The zero-order valence-electron chi connectivity index (χ0n) is 20.8. The molecule has 178 valence electrons. The highest BCUT2D eigenvalue weighted by molar-refractivity contribution is 5.73. The van der Waals surface area contributed by atoms with Gasteiger partial charge in [0.15, 0.2) is 0 Å². The molecule has 3 aromatic carbocycles. The van der Waals surface area contributed by atoms with E-state index in [4.69, 9.17) is 4.74 Å². The van der Waals surface area contributed by atoms with E-state index in [1.165, 1.54) is 16.7 Å². The Morgan fingerprint density at radius 1 is 0.853 bits per heavy atom. The standard InChI is InChI=1S/C30H36N2O2/c1-5-12-27-22-28(21-23-17-19-25(20-18-23)24-13-8-6-9-14-24)32(29(33)34-30(2,3)4)31(27)26-15-10-7-11-16-26/h6-11,13-20,27-28H,5,12,21-22H2,1-4H3/t27-,28-/m1/s1. The van der Waals surface area contributed by atoms with E-state index in [-0.39, 0.29) is 18.2 Å². The molecule has 4 nitrogen and oxygen atoms in total. The highest BCUT2D eigenvalue weighted by Gasteiger charge is 2.43. The SMILES string of the molecule is CCC[C@@H]1C[C@@H](Cc2ccc(-c3ccccc3)cc2)N(C(=O)OC(C)(C)C)N1c1ccccc1. The van der Waals surface area contributed by atoms with Gasteiger partial charge in [-0.3, -0.25) is 5.01 Å². The highest BCUT2D eigenvalue weighted by Crippen LogP contribution is 2.36.